The molecule has 0 saturated carbocycles. The standard InChI is InChI=1S/C23H29ClN2O5S/c1-4-31-22-10-9-18(15-20(22)24)32(28,29)26-13-11-17(12-14-26)23(27)25-16(2)19-7-5-6-8-21(19)30-3/h5-10,15-17H,4,11-14H2,1-3H3,(H,25,27)/t16-/m1/s1. The van der Waals surface area contributed by atoms with Gasteiger partial charge in [-0.3, -0.25) is 4.79 Å². The Morgan fingerprint density at radius 1 is 1.19 bits per heavy atom. The predicted molar refractivity (Wildman–Crippen MR) is 124 cm³/mol. The van der Waals surface area contributed by atoms with Gasteiger partial charge in [0.25, 0.3) is 0 Å². The summed E-state index contributed by atoms with van der Waals surface area (Å²) in [6.45, 7) is 4.73. The molecule has 3 rings (SSSR count). The minimum absolute atomic E-state index is 0.0791. The maximum Gasteiger partial charge on any atom is 0.243 e. The molecule has 0 spiro atoms. The van der Waals surface area contributed by atoms with Gasteiger partial charge in [0, 0.05) is 24.6 Å². The first-order valence-corrected chi connectivity index (χ1v) is 12.5. The van der Waals surface area contributed by atoms with E-state index < -0.39 is 10.0 Å². The molecule has 1 aliphatic heterocycles. The number of rotatable bonds is 8. The first-order chi connectivity index (χ1) is 15.3. The van der Waals surface area contributed by atoms with Gasteiger partial charge in [0.2, 0.25) is 15.9 Å². The molecule has 1 amide bonds. The van der Waals surface area contributed by atoms with Crippen LogP contribution in [0, 0.1) is 5.92 Å². The van der Waals surface area contributed by atoms with E-state index in [2.05, 4.69) is 5.32 Å². The maximum absolute atomic E-state index is 13.0. The Kier molecular flexibility index (Phi) is 8.03. The predicted octanol–water partition coefficient (Wildman–Crippen LogP) is 4.03. The Labute approximate surface area is 194 Å². The van der Waals surface area contributed by atoms with Gasteiger partial charge in [-0.05, 0) is 51.0 Å². The highest BCUT2D eigenvalue weighted by Gasteiger charge is 2.33. The number of sulfonamides is 1. The minimum atomic E-state index is -3.70. The van der Waals surface area contributed by atoms with Crippen molar-refractivity contribution in [1.82, 2.24) is 9.62 Å². The summed E-state index contributed by atoms with van der Waals surface area (Å²) in [5, 5.41) is 3.29. The van der Waals surface area contributed by atoms with Gasteiger partial charge in [0.05, 0.1) is 29.7 Å². The molecular weight excluding hydrogens is 452 g/mol. The Balaban J connectivity index is 1.61. The summed E-state index contributed by atoms with van der Waals surface area (Å²) in [6, 6.07) is 11.8. The third-order valence-corrected chi connectivity index (χ3v) is 7.82. The summed E-state index contributed by atoms with van der Waals surface area (Å²) in [6.07, 6.45) is 0.906. The molecule has 7 nitrogen and oxygen atoms in total. The third kappa shape index (κ3) is 5.36. The van der Waals surface area contributed by atoms with Crippen LogP contribution in [0.5, 0.6) is 11.5 Å². The van der Waals surface area contributed by atoms with Crippen LogP contribution in [0.4, 0.5) is 0 Å². The zero-order valence-corrected chi connectivity index (χ0v) is 20.1. The van der Waals surface area contributed by atoms with Crippen LogP contribution >= 0.6 is 11.6 Å². The van der Waals surface area contributed by atoms with Crippen molar-refractivity contribution in [3.63, 3.8) is 0 Å². The summed E-state index contributed by atoms with van der Waals surface area (Å²) < 4.78 is 38.2. The number of benzene rings is 2. The highest BCUT2D eigenvalue weighted by atomic mass is 35.5. The van der Waals surface area contributed by atoms with Crippen molar-refractivity contribution in [2.75, 3.05) is 26.8 Å². The van der Waals surface area contributed by atoms with Gasteiger partial charge < -0.3 is 14.8 Å². The number of carbonyl (C=O) groups excluding carboxylic acids is 1. The molecule has 2 aromatic carbocycles. The van der Waals surface area contributed by atoms with E-state index in [9.17, 15) is 13.2 Å². The quantitative estimate of drug-likeness (QED) is 0.616. The lowest BCUT2D eigenvalue weighted by Crippen LogP contribution is -2.43. The largest absolute Gasteiger partial charge is 0.496 e. The summed E-state index contributed by atoms with van der Waals surface area (Å²) in [4.78, 5) is 12.9. The van der Waals surface area contributed by atoms with Crippen LogP contribution in [0.15, 0.2) is 47.4 Å². The lowest BCUT2D eigenvalue weighted by molar-refractivity contribution is -0.126. The van der Waals surface area contributed by atoms with Crippen molar-refractivity contribution in [2.45, 2.75) is 37.6 Å². The highest BCUT2D eigenvalue weighted by Crippen LogP contribution is 2.31. The molecule has 0 aromatic heterocycles. The SMILES string of the molecule is CCOc1ccc(S(=O)(=O)N2CCC(C(=O)N[C@H](C)c3ccccc3OC)CC2)cc1Cl. The van der Waals surface area contributed by atoms with E-state index in [-0.39, 0.29) is 40.9 Å². The van der Waals surface area contributed by atoms with E-state index in [0.717, 1.165) is 11.3 Å². The van der Waals surface area contributed by atoms with Gasteiger partial charge in [-0.2, -0.15) is 4.31 Å². The molecule has 2 aromatic rings. The Hall–Kier alpha value is -2.29. The van der Waals surface area contributed by atoms with Crippen LogP contribution in [0.3, 0.4) is 0 Å². The van der Waals surface area contributed by atoms with Gasteiger partial charge in [-0.1, -0.05) is 29.8 Å². The first-order valence-electron chi connectivity index (χ1n) is 10.6. The Morgan fingerprint density at radius 3 is 2.50 bits per heavy atom. The average Bonchev–Trinajstić information content (AvgIpc) is 2.80. The number of nitrogens with one attached hydrogen (secondary N) is 1. The minimum Gasteiger partial charge on any atom is -0.496 e. The molecule has 1 fully saturated rings. The fourth-order valence-corrected chi connectivity index (χ4v) is 5.65. The number of para-hydroxylation sites is 1. The molecule has 0 radical (unpaired) electrons. The van der Waals surface area contributed by atoms with E-state index in [1.807, 2.05) is 38.1 Å². The molecule has 1 saturated heterocycles. The molecular formula is C23H29ClN2O5S. The fraction of sp³-hybridized carbons (Fsp3) is 0.435. The van der Waals surface area contributed by atoms with Crippen molar-refractivity contribution in [1.29, 1.82) is 0 Å². The van der Waals surface area contributed by atoms with Gasteiger partial charge >= 0.3 is 0 Å². The second-order valence-corrected chi connectivity index (χ2v) is 10.0. The van der Waals surface area contributed by atoms with Crippen molar-refractivity contribution in [2.24, 2.45) is 5.92 Å². The number of carbonyl (C=O) groups is 1. The summed E-state index contributed by atoms with van der Waals surface area (Å²) in [7, 11) is -2.10. The number of amides is 1. The van der Waals surface area contributed by atoms with Gasteiger partial charge in [0.15, 0.2) is 0 Å². The highest BCUT2D eigenvalue weighted by molar-refractivity contribution is 7.89. The maximum atomic E-state index is 13.0. The van der Waals surface area contributed by atoms with Crippen LogP contribution in [-0.4, -0.2) is 45.4 Å². The van der Waals surface area contributed by atoms with Crippen LogP contribution in [0.1, 0.15) is 38.3 Å². The molecule has 1 atom stereocenters. The van der Waals surface area contributed by atoms with E-state index in [4.69, 9.17) is 21.1 Å². The van der Waals surface area contributed by atoms with Crippen LogP contribution < -0.4 is 14.8 Å². The Bertz CT molecular complexity index is 1050. The molecule has 9 heteroatoms. The van der Waals surface area contributed by atoms with Gasteiger partial charge in [-0.15, -0.1) is 0 Å². The van der Waals surface area contributed by atoms with E-state index in [0.29, 0.717) is 25.2 Å². The summed E-state index contributed by atoms with van der Waals surface area (Å²) in [5.74, 6) is 0.843. The normalized spacial score (nSPS) is 16.4. The third-order valence-electron chi connectivity index (χ3n) is 5.63. The molecule has 0 bridgehead atoms. The summed E-state index contributed by atoms with van der Waals surface area (Å²) >= 11 is 6.17. The van der Waals surface area contributed by atoms with Gasteiger partial charge in [-0.25, -0.2) is 8.42 Å². The number of piperidine rings is 1. The summed E-state index contributed by atoms with van der Waals surface area (Å²) in [5.41, 5.74) is 0.899. The molecule has 174 valence electrons. The zero-order chi connectivity index (χ0) is 23.3. The van der Waals surface area contributed by atoms with E-state index in [1.54, 1.807) is 13.2 Å². The van der Waals surface area contributed by atoms with Crippen LogP contribution in [0.25, 0.3) is 0 Å². The number of nitrogens with zero attached hydrogens (tertiary/aromatic N) is 1. The number of hydrogen-bond acceptors (Lipinski definition) is 5. The molecule has 0 aliphatic carbocycles. The zero-order valence-electron chi connectivity index (χ0n) is 18.5. The fourth-order valence-electron chi connectivity index (χ4n) is 3.86. The van der Waals surface area contributed by atoms with Gasteiger partial charge in [0.1, 0.15) is 11.5 Å². The smallest absolute Gasteiger partial charge is 0.243 e. The number of hydrogen-bond donors (Lipinski definition) is 1. The first kappa shape index (κ1) is 24.4. The monoisotopic (exact) mass is 480 g/mol. The van der Waals surface area contributed by atoms with Crippen molar-refractivity contribution < 1.29 is 22.7 Å². The average molecular weight is 481 g/mol. The lowest BCUT2D eigenvalue weighted by atomic mass is 9.96. The molecule has 1 aliphatic rings. The second kappa shape index (κ2) is 10.6. The second-order valence-electron chi connectivity index (χ2n) is 7.68. The van der Waals surface area contributed by atoms with Crippen LogP contribution in [-0.2, 0) is 14.8 Å². The topological polar surface area (TPSA) is 84.9 Å². The number of methoxy groups -OCH3 is 1. The van der Waals surface area contributed by atoms with Crippen molar-refractivity contribution >= 4 is 27.5 Å². The number of ether oxygens (including phenoxy) is 2. The molecule has 0 unspecified atom stereocenters. The Morgan fingerprint density at radius 2 is 1.88 bits per heavy atom. The van der Waals surface area contributed by atoms with Crippen molar-refractivity contribution in [3.05, 3.63) is 53.1 Å². The molecule has 32 heavy (non-hydrogen) atoms. The van der Waals surface area contributed by atoms with Crippen LogP contribution in [0.2, 0.25) is 5.02 Å². The molecule has 1 N–H and O–H groups in total. The molecule has 1 heterocycles. The lowest BCUT2D eigenvalue weighted by Gasteiger charge is -2.31. The van der Waals surface area contributed by atoms with Crippen molar-refractivity contribution in [3.8, 4) is 11.5 Å². The number of halogens is 1. The van der Waals surface area contributed by atoms with E-state index >= 15 is 0 Å². The van der Waals surface area contributed by atoms with E-state index in [1.165, 1.54) is 16.4 Å².